The highest BCUT2D eigenvalue weighted by Crippen LogP contribution is 2.23. The zero-order valence-corrected chi connectivity index (χ0v) is 11.3. The first-order valence-electron chi connectivity index (χ1n) is 7.38. The van der Waals surface area contributed by atoms with Crippen LogP contribution in [0, 0.1) is 5.92 Å². The third-order valence-electron chi connectivity index (χ3n) is 4.12. The summed E-state index contributed by atoms with van der Waals surface area (Å²) in [7, 11) is 0. The molecule has 0 radical (unpaired) electrons. The van der Waals surface area contributed by atoms with Crippen LogP contribution >= 0.6 is 0 Å². The fourth-order valence-corrected chi connectivity index (χ4v) is 3.05. The molecule has 0 aromatic heterocycles. The van der Waals surface area contributed by atoms with Crippen molar-refractivity contribution in [2.45, 2.75) is 45.1 Å². The average molecular weight is 240 g/mol. The Bertz CT molecular complexity index is 204. The number of nitrogens with zero attached hydrogens (tertiary/aromatic N) is 1. The van der Waals surface area contributed by atoms with Crippen LogP contribution < -0.4 is 5.32 Å². The lowest BCUT2D eigenvalue weighted by atomic mass is 9.87. The fraction of sp³-hybridized carbons (Fsp3) is 1.00. The molecule has 17 heavy (non-hydrogen) atoms. The summed E-state index contributed by atoms with van der Waals surface area (Å²) in [6, 6.07) is 0.795. The standard InChI is InChI=1S/C14H28N2O/c1-13-4-2-5-14(12-13)15-6-3-7-16-8-10-17-11-9-16/h13-15H,2-12H2,1H3/t13-,14+/m0/s1. The van der Waals surface area contributed by atoms with Gasteiger partial charge in [-0.1, -0.05) is 19.8 Å². The highest BCUT2D eigenvalue weighted by Gasteiger charge is 2.18. The van der Waals surface area contributed by atoms with Gasteiger partial charge in [0.1, 0.15) is 0 Å². The van der Waals surface area contributed by atoms with Gasteiger partial charge in [-0.2, -0.15) is 0 Å². The van der Waals surface area contributed by atoms with Crippen LogP contribution in [0.1, 0.15) is 39.0 Å². The molecule has 100 valence electrons. The lowest BCUT2D eigenvalue weighted by Gasteiger charge is -2.29. The van der Waals surface area contributed by atoms with Crippen molar-refractivity contribution < 1.29 is 4.74 Å². The minimum Gasteiger partial charge on any atom is -0.379 e. The second kappa shape index (κ2) is 7.34. The van der Waals surface area contributed by atoms with Crippen molar-refractivity contribution in [1.82, 2.24) is 10.2 Å². The Balaban J connectivity index is 1.50. The molecule has 2 fully saturated rings. The van der Waals surface area contributed by atoms with Gasteiger partial charge in [-0.3, -0.25) is 4.90 Å². The molecule has 2 rings (SSSR count). The van der Waals surface area contributed by atoms with E-state index in [1.165, 1.54) is 45.2 Å². The molecule has 2 aliphatic rings. The van der Waals surface area contributed by atoms with Crippen molar-refractivity contribution in [3.63, 3.8) is 0 Å². The highest BCUT2D eigenvalue weighted by atomic mass is 16.5. The van der Waals surface area contributed by atoms with Crippen molar-refractivity contribution >= 4 is 0 Å². The van der Waals surface area contributed by atoms with E-state index in [1.54, 1.807) is 0 Å². The van der Waals surface area contributed by atoms with E-state index in [0.717, 1.165) is 38.3 Å². The summed E-state index contributed by atoms with van der Waals surface area (Å²) >= 11 is 0. The maximum atomic E-state index is 5.36. The van der Waals surface area contributed by atoms with E-state index in [2.05, 4.69) is 17.1 Å². The van der Waals surface area contributed by atoms with Crippen molar-refractivity contribution in [2.24, 2.45) is 5.92 Å². The van der Waals surface area contributed by atoms with Crippen molar-refractivity contribution in [1.29, 1.82) is 0 Å². The first-order chi connectivity index (χ1) is 8.34. The van der Waals surface area contributed by atoms with Crippen LogP contribution in [-0.4, -0.2) is 50.3 Å². The SMILES string of the molecule is C[C@H]1CCC[C@@H](NCCCN2CCOCC2)C1. The van der Waals surface area contributed by atoms with E-state index >= 15 is 0 Å². The summed E-state index contributed by atoms with van der Waals surface area (Å²) in [5.74, 6) is 0.931. The predicted molar refractivity (Wildman–Crippen MR) is 71.3 cm³/mol. The topological polar surface area (TPSA) is 24.5 Å². The van der Waals surface area contributed by atoms with Gasteiger partial charge in [0.15, 0.2) is 0 Å². The van der Waals surface area contributed by atoms with E-state index in [1.807, 2.05) is 0 Å². The van der Waals surface area contributed by atoms with Gasteiger partial charge in [-0.05, 0) is 38.3 Å². The number of morpholine rings is 1. The Morgan fingerprint density at radius 2 is 2.06 bits per heavy atom. The molecule has 3 heteroatoms. The Morgan fingerprint density at radius 1 is 1.24 bits per heavy atom. The smallest absolute Gasteiger partial charge is 0.0594 e. The van der Waals surface area contributed by atoms with E-state index in [0.29, 0.717) is 0 Å². The molecule has 1 aliphatic carbocycles. The quantitative estimate of drug-likeness (QED) is 0.743. The van der Waals surface area contributed by atoms with Gasteiger partial charge in [-0.25, -0.2) is 0 Å². The minimum absolute atomic E-state index is 0.795. The zero-order chi connectivity index (χ0) is 11.9. The number of rotatable bonds is 5. The van der Waals surface area contributed by atoms with Gasteiger partial charge in [0.2, 0.25) is 0 Å². The molecular formula is C14H28N2O. The molecule has 0 amide bonds. The van der Waals surface area contributed by atoms with E-state index in [9.17, 15) is 0 Å². The molecule has 0 aromatic rings. The summed E-state index contributed by atoms with van der Waals surface area (Å²) in [6.07, 6.45) is 6.92. The zero-order valence-electron chi connectivity index (χ0n) is 11.3. The van der Waals surface area contributed by atoms with Crippen LogP contribution in [0.15, 0.2) is 0 Å². The summed E-state index contributed by atoms with van der Waals surface area (Å²) in [5, 5.41) is 3.73. The van der Waals surface area contributed by atoms with Crippen molar-refractivity contribution in [2.75, 3.05) is 39.4 Å². The molecule has 0 aromatic carbocycles. The van der Waals surface area contributed by atoms with E-state index in [4.69, 9.17) is 4.74 Å². The Labute approximate surface area is 106 Å². The average Bonchev–Trinajstić information content (AvgIpc) is 2.36. The molecule has 0 unspecified atom stereocenters. The molecule has 3 nitrogen and oxygen atoms in total. The third-order valence-corrected chi connectivity index (χ3v) is 4.12. The molecule has 1 aliphatic heterocycles. The highest BCUT2D eigenvalue weighted by molar-refractivity contribution is 4.75. The van der Waals surface area contributed by atoms with Crippen LogP contribution in [0.25, 0.3) is 0 Å². The van der Waals surface area contributed by atoms with Gasteiger partial charge in [0.05, 0.1) is 13.2 Å². The summed E-state index contributed by atoms with van der Waals surface area (Å²) in [6.45, 7) is 8.91. The lowest BCUT2D eigenvalue weighted by Crippen LogP contribution is -2.39. The Hall–Kier alpha value is -0.120. The van der Waals surface area contributed by atoms with E-state index in [-0.39, 0.29) is 0 Å². The molecule has 1 saturated heterocycles. The summed E-state index contributed by atoms with van der Waals surface area (Å²) < 4.78 is 5.36. The second-order valence-corrected chi connectivity index (χ2v) is 5.73. The number of nitrogens with one attached hydrogen (secondary N) is 1. The Morgan fingerprint density at radius 3 is 2.82 bits per heavy atom. The molecule has 1 saturated carbocycles. The maximum absolute atomic E-state index is 5.36. The van der Waals surface area contributed by atoms with Crippen LogP contribution in [0.4, 0.5) is 0 Å². The van der Waals surface area contributed by atoms with Gasteiger partial charge in [0, 0.05) is 19.1 Å². The van der Waals surface area contributed by atoms with Gasteiger partial charge < -0.3 is 10.1 Å². The largest absolute Gasteiger partial charge is 0.379 e. The van der Waals surface area contributed by atoms with Gasteiger partial charge in [-0.15, -0.1) is 0 Å². The van der Waals surface area contributed by atoms with Crippen LogP contribution in [0.2, 0.25) is 0 Å². The van der Waals surface area contributed by atoms with Gasteiger partial charge >= 0.3 is 0 Å². The minimum atomic E-state index is 0.795. The fourth-order valence-electron chi connectivity index (χ4n) is 3.05. The Kier molecular flexibility index (Phi) is 5.75. The second-order valence-electron chi connectivity index (χ2n) is 5.73. The molecule has 0 spiro atoms. The molecule has 0 bridgehead atoms. The van der Waals surface area contributed by atoms with Crippen molar-refractivity contribution in [3.05, 3.63) is 0 Å². The normalized spacial score (nSPS) is 31.6. The third kappa shape index (κ3) is 4.94. The van der Waals surface area contributed by atoms with E-state index < -0.39 is 0 Å². The summed E-state index contributed by atoms with van der Waals surface area (Å²) in [5.41, 5.74) is 0. The number of ether oxygens (including phenoxy) is 1. The molecule has 1 heterocycles. The maximum Gasteiger partial charge on any atom is 0.0594 e. The first-order valence-corrected chi connectivity index (χ1v) is 7.38. The summed E-state index contributed by atoms with van der Waals surface area (Å²) in [4.78, 5) is 2.52. The molecular weight excluding hydrogens is 212 g/mol. The van der Waals surface area contributed by atoms with Crippen LogP contribution in [0.5, 0.6) is 0 Å². The molecule has 1 N–H and O–H groups in total. The number of hydrogen-bond acceptors (Lipinski definition) is 3. The first kappa shape index (κ1) is 13.3. The predicted octanol–water partition coefficient (Wildman–Crippen LogP) is 1.88. The van der Waals surface area contributed by atoms with Crippen LogP contribution in [0.3, 0.4) is 0 Å². The van der Waals surface area contributed by atoms with Crippen molar-refractivity contribution in [3.8, 4) is 0 Å². The van der Waals surface area contributed by atoms with Gasteiger partial charge in [0.25, 0.3) is 0 Å². The van der Waals surface area contributed by atoms with Crippen LogP contribution in [-0.2, 0) is 4.74 Å². The number of hydrogen-bond donors (Lipinski definition) is 1. The molecule has 2 atom stereocenters. The monoisotopic (exact) mass is 240 g/mol. The lowest BCUT2D eigenvalue weighted by molar-refractivity contribution is 0.0373.